The number of piperazine rings is 1. The van der Waals surface area contributed by atoms with Gasteiger partial charge in [-0.25, -0.2) is 4.98 Å². The van der Waals surface area contributed by atoms with Gasteiger partial charge in [-0.1, -0.05) is 6.07 Å². The molecule has 1 N–H and O–H groups in total. The van der Waals surface area contributed by atoms with Crippen molar-refractivity contribution >= 4 is 33.4 Å². The molecule has 3 rings (SSSR count). The molecule has 0 radical (unpaired) electrons. The second-order valence-electron chi connectivity index (χ2n) is 6.09. The molecule has 1 aliphatic heterocycles. The Balaban J connectivity index is 1.82. The molecule has 1 aromatic carbocycles. The van der Waals surface area contributed by atoms with Crippen molar-refractivity contribution in [3.63, 3.8) is 0 Å². The molecule has 2 heterocycles. The van der Waals surface area contributed by atoms with Gasteiger partial charge in [0.1, 0.15) is 5.82 Å². The molecule has 0 bridgehead atoms. The predicted molar refractivity (Wildman–Crippen MR) is 98.6 cm³/mol. The first-order chi connectivity index (χ1) is 11.0. The maximum Gasteiger partial charge on any atom is 0.229 e. The van der Waals surface area contributed by atoms with E-state index in [2.05, 4.69) is 68.2 Å². The van der Waals surface area contributed by atoms with Gasteiger partial charge in [-0.2, -0.15) is 4.98 Å². The SMILES string of the molecule is Cc1ccc(Nc2nc(C)cc(N3CCN(C)CC3)n2)c(Br)c1. The summed E-state index contributed by atoms with van der Waals surface area (Å²) in [5.74, 6) is 1.64. The number of nitrogens with zero attached hydrogens (tertiary/aromatic N) is 4. The van der Waals surface area contributed by atoms with Gasteiger partial charge in [0, 0.05) is 42.4 Å². The van der Waals surface area contributed by atoms with Gasteiger partial charge < -0.3 is 15.1 Å². The number of halogens is 1. The van der Waals surface area contributed by atoms with Crippen molar-refractivity contribution in [1.29, 1.82) is 0 Å². The molecule has 0 amide bonds. The van der Waals surface area contributed by atoms with Gasteiger partial charge in [-0.05, 0) is 54.5 Å². The Morgan fingerprint density at radius 3 is 2.48 bits per heavy atom. The van der Waals surface area contributed by atoms with E-state index in [0.717, 1.165) is 47.9 Å². The highest BCUT2D eigenvalue weighted by molar-refractivity contribution is 9.10. The van der Waals surface area contributed by atoms with E-state index in [-0.39, 0.29) is 0 Å². The number of nitrogens with one attached hydrogen (secondary N) is 1. The maximum atomic E-state index is 4.71. The summed E-state index contributed by atoms with van der Waals surface area (Å²) in [6.45, 7) is 8.21. The van der Waals surface area contributed by atoms with E-state index in [1.165, 1.54) is 5.56 Å². The first kappa shape index (κ1) is 16.2. The highest BCUT2D eigenvalue weighted by Gasteiger charge is 2.16. The molecular formula is C17H22BrN5. The first-order valence-electron chi connectivity index (χ1n) is 7.83. The van der Waals surface area contributed by atoms with E-state index in [0.29, 0.717) is 5.95 Å². The molecule has 1 saturated heterocycles. The molecule has 1 fully saturated rings. The molecule has 2 aromatic rings. The summed E-state index contributed by atoms with van der Waals surface area (Å²) in [6.07, 6.45) is 0. The largest absolute Gasteiger partial charge is 0.354 e. The van der Waals surface area contributed by atoms with Crippen molar-refractivity contribution in [2.24, 2.45) is 0 Å². The molecule has 5 nitrogen and oxygen atoms in total. The number of hydrogen-bond acceptors (Lipinski definition) is 5. The van der Waals surface area contributed by atoms with Gasteiger partial charge in [0.2, 0.25) is 5.95 Å². The zero-order valence-corrected chi connectivity index (χ0v) is 15.4. The van der Waals surface area contributed by atoms with E-state index >= 15 is 0 Å². The van der Waals surface area contributed by atoms with Crippen molar-refractivity contribution < 1.29 is 0 Å². The van der Waals surface area contributed by atoms with Crippen LogP contribution in [0.3, 0.4) is 0 Å². The topological polar surface area (TPSA) is 44.3 Å². The Morgan fingerprint density at radius 1 is 1.04 bits per heavy atom. The number of anilines is 3. The molecule has 0 saturated carbocycles. The number of likely N-dealkylation sites (N-methyl/N-ethyl adjacent to an activating group) is 1. The third-order valence-corrected chi connectivity index (χ3v) is 4.70. The second-order valence-corrected chi connectivity index (χ2v) is 6.94. The normalized spacial score (nSPS) is 15.7. The molecule has 1 aromatic heterocycles. The summed E-state index contributed by atoms with van der Waals surface area (Å²) >= 11 is 3.59. The van der Waals surface area contributed by atoms with Crippen LogP contribution in [0, 0.1) is 13.8 Å². The Morgan fingerprint density at radius 2 is 1.78 bits per heavy atom. The van der Waals surface area contributed by atoms with E-state index in [9.17, 15) is 0 Å². The highest BCUT2D eigenvalue weighted by Crippen LogP contribution is 2.26. The lowest BCUT2D eigenvalue weighted by Gasteiger charge is -2.33. The van der Waals surface area contributed by atoms with Crippen LogP contribution in [0.2, 0.25) is 0 Å². The maximum absolute atomic E-state index is 4.71. The van der Waals surface area contributed by atoms with Crippen LogP contribution in [-0.4, -0.2) is 48.1 Å². The minimum absolute atomic E-state index is 0.642. The van der Waals surface area contributed by atoms with Gasteiger partial charge >= 0.3 is 0 Å². The van der Waals surface area contributed by atoms with E-state index in [1.807, 2.05) is 13.0 Å². The number of hydrogen-bond donors (Lipinski definition) is 1. The van der Waals surface area contributed by atoms with Crippen molar-refractivity contribution in [2.75, 3.05) is 43.4 Å². The third-order valence-electron chi connectivity index (χ3n) is 4.04. The monoisotopic (exact) mass is 375 g/mol. The Kier molecular flexibility index (Phi) is 4.82. The Bertz CT molecular complexity index is 695. The lowest BCUT2D eigenvalue weighted by Crippen LogP contribution is -2.44. The highest BCUT2D eigenvalue weighted by atomic mass is 79.9. The van der Waals surface area contributed by atoms with Crippen LogP contribution in [0.5, 0.6) is 0 Å². The van der Waals surface area contributed by atoms with Crippen LogP contribution in [0.15, 0.2) is 28.7 Å². The van der Waals surface area contributed by atoms with E-state index in [4.69, 9.17) is 4.98 Å². The minimum Gasteiger partial charge on any atom is -0.354 e. The second kappa shape index (κ2) is 6.84. The van der Waals surface area contributed by atoms with Crippen LogP contribution >= 0.6 is 15.9 Å². The van der Waals surface area contributed by atoms with Gasteiger partial charge in [0.15, 0.2) is 0 Å². The standard InChI is InChI=1S/C17H22BrN5/c1-12-4-5-15(14(18)10-12)20-17-19-13(2)11-16(21-17)23-8-6-22(3)7-9-23/h4-5,10-11H,6-9H2,1-3H3,(H,19,20,21). The number of rotatable bonds is 3. The summed E-state index contributed by atoms with van der Waals surface area (Å²) in [7, 11) is 2.16. The molecular weight excluding hydrogens is 354 g/mol. The van der Waals surface area contributed by atoms with Crippen LogP contribution in [0.1, 0.15) is 11.3 Å². The summed E-state index contributed by atoms with van der Waals surface area (Å²) < 4.78 is 1.02. The van der Waals surface area contributed by atoms with Gasteiger partial charge in [0.25, 0.3) is 0 Å². The number of benzene rings is 1. The molecule has 0 spiro atoms. The summed E-state index contributed by atoms with van der Waals surface area (Å²) in [5.41, 5.74) is 3.16. The predicted octanol–water partition coefficient (Wildman–Crippen LogP) is 3.35. The van der Waals surface area contributed by atoms with Crippen LogP contribution in [0.25, 0.3) is 0 Å². The summed E-state index contributed by atoms with van der Waals surface area (Å²) in [6, 6.07) is 8.26. The Hall–Kier alpha value is -1.66. The number of aryl methyl sites for hydroxylation is 2. The van der Waals surface area contributed by atoms with Crippen molar-refractivity contribution in [2.45, 2.75) is 13.8 Å². The molecule has 23 heavy (non-hydrogen) atoms. The zero-order chi connectivity index (χ0) is 16.4. The quantitative estimate of drug-likeness (QED) is 0.890. The van der Waals surface area contributed by atoms with Crippen molar-refractivity contribution in [3.05, 3.63) is 40.0 Å². The van der Waals surface area contributed by atoms with Gasteiger partial charge in [-0.15, -0.1) is 0 Å². The third kappa shape index (κ3) is 4.00. The van der Waals surface area contributed by atoms with Crippen molar-refractivity contribution in [1.82, 2.24) is 14.9 Å². The van der Waals surface area contributed by atoms with E-state index < -0.39 is 0 Å². The first-order valence-corrected chi connectivity index (χ1v) is 8.63. The fourth-order valence-corrected chi connectivity index (χ4v) is 3.24. The molecule has 122 valence electrons. The molecule has 0 aliphatic carbocycles. The van der Waals surface area contributed by atoms with Crippen molar-refractivity contribution in [3.8, 4) is 0 Å². The fourth-order valence-electron chi connectivity index (χ4n) is 2.65. The van der Waals surface area contributed by atoms with Crippen LogP contribution < -0.4 is 10.2 Å². The van der Waals surface area contributed by atoms with Crippen LogP contribution in [-0.2, 0) is 0 Å². The molecule has 0 atom stereocenters. The average Bonchev–Trinajstić information content (AvgIpc) is 2.50. The zero-order valence-electron chi connectivity index (χ0n) is 13.8. The molecule has 6 heteroatoms. The summed E-state index contributed by atoms with van der Waals surface area (Å²) in [4.78, 5) is 13.9. The molecule has 0 unspecified atom stereocenters. The fraction of sp³-hybridized carbons (Fsp3) is 0.412. The lowest BCUT2D eigenvalue weighted by molar-refractivity contribution is 0.312. The average molecular weight is 376 g/mol. The number of aromatic nitrogens is 2. The molecule has 1 aliphatic rings. The lowest BCUT2D eigenvalue weighted by atomic mass is 10.2. The Labute approximate surface area is 145 Å². The minimum atomic E-state index is 0.642. The smallest absolute Gasteiger partial charge is 0.229 e. The van der Waals surface area contributed by atoms with Crippen LogP contribution in [0.4, 0.5) is 17.5 Å². The van der Waals surface area contributed by atoms with E-state index in [1.54, 1.807) is 0 Å². The van der Waals surface area contributed by atoms with Gasteiger partial charge in [-0.3, -0.25) is 0 Å². The van der Waals surface area contributed by atoms with Gasteiger partial charge in [0.05, 0.1) is 5.69 Å². The summed E-state index contributed by atoms with van der Waals surface area (Å²) in [5, 5.41) is 3.32.